The maximum Gasteiger partial charge on any atom is 0.290 e. The molecule has 5 rings (SSSR count). The minimum Gasteiger partial charge on any atom is -0.483 e. The predicted molar refractivity (Wildman–Crippen MR) is 119 cm³/mol. The molecule has 1 heterocycles. The second kappa shape index (κ2) is 8.80. The van der Waals surface area contributed by atoms with E-state index in [0.29, 0.717) is 29.1 Å². The van der Waals surface area contributed by atoms with Gasteiger partial charge in [0.25, 0.3) is 6.47 Å². The Bertz CT molecular complexity index is 742. The number of carboxylic acid groups (broad SMARTS) is 1. The van der Waals surface area contributed by atoms with Crippen molar-refractivity contribution in [1.29, 1.82) is 0 Å². The molecule has 4 saturated carbocycles. The Hall–Kier alpha value is -1.49. The third-order valence-corrected chi connectivity index (χ3v) is 9.90. The van der Waals surface area contributed by atoms with Crippen molar-refractivity contribution >= 4 is 18.0 Å². The lowest BCUT2D eigenvalue weighted by Gasteiger charge is -2.58. The van der Waals surface area contributed by atoms with Crippen molar-refractivity contribution in [2.45, 2.75) is 71.6 Å². The van der Waals surface area contributed by atoms with E-state index >= 15 is 0 Å². The maximum atomic E-state index is 13.3. The molecule has 0 bridgehead atoms. The van der Waals surface area contributed by atoms with Gasteiger partial charge in [-0.2, -0.15) is 0 Å². The zero-order valence-electron chi connectivity index (χ0n) is 19.1. The Balaban J connectivity index is 0.000000730. The highest BCUT2D eigenvalue weighted by Gasteiger charge is 2.63. The maximum absolute atomic E-state index is 13.3. The highest BCUT2D eigenvalue weighted by Crippen LogP contribution is 2.65. The van der Waals surface area contributed by atoms with Gasteiger partial charge in [0.1, 0.15) is 0 Å². The summed E-state index contributed by atoms with van der Waals surface area (Å²) in [6.07, 6.45) is 15.3. The number of fused-ring (bicyclic) bond motifs is 5. The van der Waals surface area contributed by atoms with Crippen LogP contribution in [0.15, 0.2) is 12.2 Å². The summed E-state index contributed by atoms with van der Waals surface area (Å²) >= 11 is 0. The van der Waals surface area contributed by atoms with Crippen molar-refractivity contribution in [3.8, 4) is 0 Å². The molecule has 5 aliphatic rings. The van der Waals surface area contributed by atoms with Crippen molar-refractivity contribution in [1.82, 2.24) is 5.32 Å². The highest BCUT2D eigenvalue weighted by molar-refractivity contribution is 6.39. The van der Waals surface area contributed by atoms with Crippen LogP contribution in [0.2, 0.25) is 0 Å². The lowest BCUT2D eigenvalue weighted by molar-refractivity contribution is -0.167. The molecule has 4 aliphatic carbocycles. The number of hydrogen-bond donors (Lipinski definition) is 2. The number of carbonyl (C=O) groups excluding carboxylic acids is 2. The summed E-state index contributed by atoms with van der Waals surface area (Å²) in [7, 11) is 0. The smallest absolute Gasteiger partial charge is 0.290 e. The Labute approximate surface area is 186 Å². The molecule has 5 fully saturated rings. The molecular weight excluding hydrogens is 390 g/mol. The summed E-state index contributed by atoms with van der Waals surface area (Å²) in [5.41, 5.74) is 0.369. The fourth-order valence-electron chi connectivity index (χ4n) is 8.11. The van der Waals surface area contributed by atoms with Crippen molar-refractivity contribution < 1.29 is 19.5 Å². The zero-order valence-corrected chi connectivity index (χ0v) is 19.1. The van der Waals surface area contributed by atoms with Gasteiger partial charge in [-0.1, -0.05) is 32.4 Å². The van der Waals surface area contributed by atoms with Gasteiger partial charge < -0.3 is 10.4 Å². The van der Waals surface area contributed by atoms with Crippen LogP contribution in [0.3, 0.4) is 0 Å². The fraction of sp³-hybridized carbons (Fsp3) is 0.808. The van der Waals surface area contributed by atoms with E-state index in [1.165, 1.54) is 32.1 Å². The van der Waals surface area contributed by atoms with Crippen LogP contribution in [0.1, 0.15) is 71.6 Å². The SMILES string of the molecule is C[C@@]12CCC[C@H]1[C@@H]1C(=O)C(=O)C3C[C@H](/C=C\[C@H]4CCNC4)CC[C@]3(C)[C@H]1CC2.O=CO. The number of allylic oxidation sites excluding steroid dienone is 1. The molecule has 1 saturated heterocycles. The Morgan fingerprint density at radius 2 is 1.68 bits per heavy atom. The minimum atomic E-state index is -0.250. The molecule has 31 heavy (non-hydrogen) atoms. The number of ketones is 2. The van der Waals surface area contributed by atoms with E-state index in [1.807, 2.05) is 0 Å². The van der Waals surface area contributed by atoms with E-state index in [9.17, 15) is 9.59 Å². The van der Waals surface area contributed by atoms with Crippen LogP contribution in [0.4, 0.5) is 0 Å². The molecule has 8 atom stereocenters. The molecule has 5 nitrogen and oxygen atoms in total. The van der Waals surface area contributed by atoms with Gasteiger partial charge in [-0.15, -0.1) is 0 Å². The molecule has 1 aliphatic heterocycles. The van der Waals surface area contributed by atoms with Crippen LogP contribution >= 0.6 is 0 Å². The van der Waals surface area contributed by atoms with Crippen LogP contribution in [-0.4, -0.2) is 36.2 Å². The van der Waals surface area contributed by atoms with Gasteiger partial charge in [-0.05, 0) is 92.4 Å². The second-order valence-electron chi connectivity index (χ2n) is 11.4. The van der Waals surface area contributed by atoms with E-state index in [4.69, 9.17) is 9.90 Å². The Kier molecular flexibility index (Phi) is 6.44. The van der Waals surface area contributed by atoms with Crippen LogP contribution < -0.4 is 5.32 Å². The molecular formula is C26H39NO4. The number of carbonyl (C=O) groups is 3. The fourth-order valence-corrected chi connectivity index (χ4v) is 8.11. The molecule has 0 spiro atoms. The first kappa shape index (κ1) is 22.7. The van der Waals surface area contributed by atoms with Gasteiger partial charge in [-0.25, -0.2) is 0 Å². The molecule has 1 unspecified atom stereocenters. The average molecular weight is 430 g/mol. The number of hydrogen-bond acceptors (Lipinski definition) is 4. The van der Waals surface area contributed by atoms with Crippen molar-refractivity contribution in [3.63, 3.8) is 0 Å². The Morgan fingerprint density at radius 3 is 2.39 bits per heavy atom. The van der Waals surface area contributed by atoms with Gasteiger partial charge in [0.15, 0.2) is 0 Å². The summed E-state index contributed by atoms with van der Waals surface area (Å²) in [5.74, 6) is 2.07. The third-order valence-electron chi connectivity index (χ3n) is 9.90. The van der Waals surface area contributed by atoms with Crippen molar-refractivity contribution in [3.05, 3.63) is 12.2 Å². The summed E-state index contributed by atoms with van der Waals surface area (Å²) < 4.78 is 0. The van der Waals surface area contributed by atoms with Gasteiger partial charge >= 0.3 is 0 Å². The van der Waals surface area contributed by atoms with Crippen molar-refractivity contribution in [2.75, 3.05) is 13.1 Å². The monoisotopic (exact) mass is 429 g/mol. The molecule has 0 aromatic carbocycles. The number of rotatable bonds is 2. The highest BCUT2D eigenvalue weighted by atomic mass is 16.3. The molecule has 0 amide bonds. The van der Waals surface area contributed by atoms with E-state index in [1.54, 1.807) is 0 Å². The third kappa shape index (κ3) is 3.92. The first-order valence-corrected chi connectivity index (χ1v) is 12.4. The first-order valence-electron chi connectivity index (χ1n) is 12.4. The van der Waals surface area contributed by atoms with Crippen LogP contribution in [0.25, 0.3) is 0 Å². The second-order valence-corrected chi connectivity index (χ2v) is 11.4. The summed E-state index contributed by atoms with van der Waals surface area (Å²) in [6, 6.07) is 0. The predicted octanol–water partition coefficient (Wildman–Crippen LogP) is 4.26. The normalized spacial score (nSPS) is 46.6. The molecule has 0 aromatic rings. The molecule has 2 N–H and O–H groups in total. The zero-order chi connectivity index (χ0) is 22.2. The summed E-state index contributed by atoms with van der Waals surface area (Å²) in [5, 5.41) is 10.3. The number of Topliss-reactive ketones (excluding diaryl/α,β-unsaturated/α-hetero) is 2. The van der Waals surface area contributed by atoms with E-state index in [-0.39, 0.29) is 35.3 Å². The van der Waals surface area contributed by atoms with Gasteiger partial charge in [0.05, 0.1) is 0 Å². The molecule has 172 valence electrons. The molecule has 5 heteroatoms. The largest absolute Gasteiger partial charge is 0.483 e. The minimum absolute atomic E-state index is 0.000494. The standard InChI is InChI=1S/C25H37NO2.CH2O2/c1-24-10-3-4-18(24)21-19(8-11-24)25(2)12-7-16(5-6-17-9-13-26-15-17)14-20(25)22(27)23(21)28;2-1-3/h5-6,16-21,26H,3-4,7-15H2,1-2H3;1H,(H,2,3)/b6-5-;/t16-,17+,18+,19+,20?,21+,24+,25-;/m1./s1. The first-order chi connectivity index (χ1) is 14.8. The number of nitrogens with one attached hydrogen (secondary N) is 1. The van der Waals surface area contributed by atoms with Crippen LogP contribution in [0, 0.1) is 46.3 Å². The molecule has 0 aromatic heterocycles. The summed E-state index contributed by atoms with van der Waals surface area (Å²) in [4.78, 5) is 35.0. The van der Waals surface area contributed by atoms with Gasteiger partial charge in [-0.3, -0.25) is 14.4 Å². The van der Waals surface area contributed by atoms with E-state index in [2.05, 4.69) is 31.3 Å². The van der Waals surface area contributed by atoms with Crippen LogP contribution in [0.5, 0.6) is 0 Å². The van der Waals surface area contributed by atoms with Crippen molar-refractivity contribution in [2.24, 2.45) is 46.3 Å². The van der Waals surface area contributed by atoms with E-state index in [0.717, 1.165) is 38.8 Å². The van der Waals surface area contributed by atoms with E-state index < -0.39 is 0 Å². The quantitative estimate of drug-likeness (QED) is 0.389. The Morgan fingerprint density at radius 1 is 0.935 bits per heavy atom. The average Bonchev–Trinajstić information content (AvgIpc) is 3.40. The molecule has 0 radical (unpaired) electrons. The lowest BCUT2D eigenvalue weighted by atomic mass is 9.44. The van der Waals surface area contributed by atoms with Gasteiger partial charge in [0.2, 0.25) is 11.6 Å². The lowest BCUT2D eigenvalue weighted by Crippen LogP contribution is -2.60. The topological polar surface area (TPSA) is 83.5 Å². The summed E-state index contributed by atoms with van der Waals surface area (Å²) in [6.45, 7) is 6.73. The van der Waals surface area contributed by atoms with Crippen LogP contribution in [-0.2, 0) is 14.4 Å². The van der Waals surface area contributed by atoms with Gasteiger partial charge in [0, 0.05) is 18.4 Å².